The van der Waals surface area contributed by atoms with Gasteiger partial charge < -0.3 is 9.47 Å². The molecule has 114 valence electrons. The number of methoxy groups -OCH3 is 1. The lowest BCUT2D eigenvalue weighted by atomic mass is 10.2. The Hall–Kier alpha value is -3.07. The maximum absolute atomic E-state index is 5.93. The molecule has 0 fully saturated rings. The number of hydrogen-bond acceptors (Lipinski definition) is 3. The summed E-state index contributed by atoms with van der Waals surface area (Å²) >= 11 is 0. The van der Waals surface area contributed by atoms with E-state index in [-0.39, 0.29) is 0 Å². The van der Waals surface area contributed by atoms with Crippen LogP contribution in [0.25, 0.3) is 0 Å². The van der Waals surface area contributed by atoms with Gasteiger partial charge in [0.25, 0.3) is 0 Å². The van der Waals surface area contributed by atoms with Gasteiger partial charge in [0, 0.05) is 6.21 Å². The molecule has 0 aliphatic carbocycles. The van der Waals surface area contributed by atoms with Crippen LogP contribution in [0.2, 0.25) is 0 Å². The Morgan fingerprint density at radius 3 is 2.13 bits per heavy atom. The molecule has 0 aliphatic heterocycles. The highest BCUT2D eigenvalue weighted by atomic mass is 16.5. The van der Waals surface area contributed by atoms with Crippen molar-refractivity contribution in [3.63, 3.8) is 0 Å². The number of para-hydroxylation sites is 2. The second-order valence-corrected chi connectivity index (χ2v) is 4.91. The van der Waals surface area contributed by atoms with E-state index in [1.165, 1.54) is 0 Å². The maximum atomic E-state index is 5.93. The predicted octanol–water partition coefficient (Wildman–Crippen LogP) is 5.24. The van der Waals surface area contributed by atoms with Gasteiger partial charge in [-0.3, -0.25) is 4.99 Å². The van der Waals surface area contributed by atoms with Crippen LogP contribution in [-0.2, 0) is 0 Å². The molecule has 0 N–H and O–H groups in total. The molecule has 0 spiro atoms. The second kappa shape index (κ2) is 7.27. The smallest absolute Gasteiger partial charge is 0.153 e. The first kappa shape index (κ1) is 14.9. The van der Waals surface area contributed by atoms with E-state index in [0.717, 1.165) is 22.7 Å². The molecule has 0 bridgehead atoms. The Kier molecular flexibility index (Phi) is 4.69. The van der Waals surface area contributed by atoms with Crippen molar-refractivity contribution in [2.75, 3.05) is 7.11 Å². The third-order valence-corrected chi connectivity index (χ3v) is 3.30. The van der Waals surface area contributed by atoms with E-state index >= 15 is 0 Å². The minimum Gasteiger partial charge on any atom is -0.497 e. The lowest BCUT2D eigenvalue weighted by molar-refractivity contribution is 0.413. The topological polar surface area (TPSA) is 30.8 Å². The number of nitrogens with zero attached hydrogens (tertiary/aromatic N) is 1. The summed E-state index contributed by atoms with van der Waals surface area (Å²) in [6, 6.07) is 25.2. The van der Waals surface area contributed by atoms with Crippen LogP contribution >= 0.6 is 0 Å². The lowest BCUT2D eigenvalue weighted by Gasteiger charge is -2.08. The summed E-state index contributed by atoms with van der Waals surface area (Å²) in [7, 11) is 1.64. The quantitative estimate of drug-likeness (QED) is 0.604. The molecule has 0 aliphatic rings. The fourth-order valence-electron chi connectivity index (χ4n) is 2.10. The lowest BCUT2D eigenvalue weighted by Crippen LogP contribution is -1.87. The van der Waals surface area contributed by atoms with Crippen molar-refractivity contribution in [3.8, 4) is 17.2 Å². The largest absolute Gasteiger partial charge is 0.497 e. The number of benzene rings is 3. The summed E-state index contributed by atoms with van der Waals surface area (Å²) in [5.41, 5.74) is 1.83. The average Bonchev–Trinajstić information content (AvgIpc) is 2.62. The van der Waals surface area contributed by atoms with E-state index in [1.54, 1.807) is 7.11 Å². The third-order valence-electron chi connectivity index (χ3n) is 3.30. The van der Waals surface area contributed by atoms with E-state index in [4.69, 9.17) is 9.47 Å². The van der Waals surface area contributed by atoms with Gasteiger partial charge in [0.1, 0.15) is 17.2 Å². The van der Waals surface area contributed by atoms with Crippen LogP contribution in [0.5, 0.6) is 17.2 Å². The van der Waals surface area contributed by atoms with Gasteiger partial charge in [-0.2, -0.15) is 0 Å². The van der Waals surface area contributed by atoms with Crippen LogP contribution in [0.3, 0.4) is 0 Å². The zero-order valence-corrected chi connectivity index (χ0v) is 12.8. The van der Waals surface area contributed by atoms with Crippen molar-refractivity contribution in [1.29, 1.82) is 0 Å². The van der Waals surface area contributed by atoms with E-state index in [0.29, 0.717) is 5.75 Å². The molecule has 0 saturated carbocycles. The zero-order valence-electron chi connectivity index (χ0n) is 12.8. The highest BCUT2D eigenvalue weighted by Gasteiger charge is 2.03. The van der Waals surface area contributed by atoms with E-state index < -0.39 is 0 Å². The molecular formula is C20H17NO2. The number of aliphatic imine (C=N–C) groups is 1. The zero-order chi connectivity index (χ0) is 15.9. The molecule has 0 radical (unpaired) electrons. The molecule has 3 nitrogen and oxygen atoms in total. The van der Waals surface area contributed by atoms with Gasteiger partial charge in [0.15, 0.2) is 5.75 Å². The molecule has 0 aromatic heterocycles. The first-order chi connectivity index (χ1) is 11.3. The van der Waals surface area contributed by atoms with Gasteiger partial charge in [0.05, 0.1) is 7.11 Å². The summed E-state index contributed by atoms with van der Waals surface area (Å²) in [5.74, 6) is 2.26. The van der Waals surface area contributed by atoms with Crippen LogP contribution in [0.4, 0.5) is 5.69 Å². The third kappa shape index (κ3) is 3.98. The van der Waals surface area contributed by atoms with E-state index in [9.17, 15) is 0 Å². The molecule has 0 atom stereocenters. The van der Waals surface area contributed by atoms with Crippen molar-refractivity contribution in [2.24, 2.45) is 4.99 Å². The predicted molar refractivity (Wildman–Crippen MR) is 93.2 cm³/mol. The Morgan fingerprint density at radius 1 is 0.739 bits per heavy atom. The summed E-state index contributed by atoms with van der Waals surface area (Å²) in [4.78, 5) is 4.53. The molecule has 0 saturated heterocycles. The van der Waals surface area contributed by atoms with Crippen molar-refractivity contribution in [3.05, 3.63) is 84.4 Å². The Labute approximate surface area is 135 Å². The first-order valence-electron chi connectivity index (χ1n) is 7.35. The molecule has 23 heavy (non-hydrogen) atoms. The summed E-state index contributed by atoms with van der Waals surface area (Å²) in [6.07, 6.45) is 1.83. The van der Waals surface area contributed by atoms with Crippen LogP contribution < -0.4 is 9.47 Å². The van der Waals surface area contributed by atoms with Crippen LogP contribution in [0.1, 0.15) is 5.56 Å². The Balaban J connectivity index is 1.81. The van der Waals surface area contributed by atoms with Crippen molar-refractivity contribution in [1.82, 2.24) is 0 Å². The molecule has 3 aromatic carbocycles. The maximum Gasteiger partial charge on any atom is 0.153 e. The van der Waals surface area contributed by atoms with Crippen LogP contribution in [0.15, 0.2) is 83.9 Å². The van der Waals surface area contributed by atoms with Gasteiger partial charge in [-0.25, -0.2) is 0 Å². The van der Waals surface area contributed by atoms with Crippen LogP contribution in [-0.4, -0.2) is 13.3 Å². The van der Waals surface area contributed by atoms with Gasteiger partial charge in [-0.05, 0) is 42.0 Å². The second-order valence-electron chi connectivity index (χ2n) is 4.91. The SMILES string of the molecule is COc1ccc(Oc2ccccc2N=Cc2ccccc2)cc1. The van der Waals surface area contributed by atoms with Crippen molar-refractivity contribution in [2.45, 2.75) is 0 Å². The Morgan fingerprint density at radius 2 is 1.39 bits per heavy atom. The molecule has 3 heteroatoms. The fraction of sp³-hybridized carbons (Fsp3) is 0.0500. The summed E-state index contributed by atoms with van der Waals surface area (Å²) < 4.78 is 11.1. The monoisotopic (exact) mass is 303 g/mol. The van der Waals surface area contributed by atoms with E-state index in [2.05, 4.69) is 4.99 Å². The van der Waals surface area contributed by atoms with Gasteiger partial charge in [-0.1, -0.05) is 42.5 Å². The minimum atomic E-state index is 0.713. The summed E-state index contributed by atoms with van der Waals surface area (Å²) in [5, 5.41) is 0. The molecule has 0 amide bonds. The minimum absolute atomic E-state index is 0.713. The molecule has 0 heterocycles. The standard InChI is InChI=1S/C20H17NO2/c1-22-17-11-13-18(14-12-17)23-20-10-6-5-9-19(20)21-15-16-7-3-2-4-8-16/h2-15H,1H3. The molecule has 0 unspecified atom stereocenters. The number of ether oxygens (including phenoxy) is 2. The highest BCUT2D eigenvalue weighted by Crippen LogP contribution is 2.32. The van der Waals surface area contributed by atoms with Gasteiger partial charge in [-0.15, -0.1) is 0 Å². The number of rotatable bonds is 5. The van der Waals surface area contributed by atoms with Gasteiger partial charge in [0.2, 0.25) is 0 Å². The van der Waals surface area contributed by atoms with Crippen molar-refractivity contribution >= 4 is 11.9 Å². The highest BCUT2D eigenvalue weighted by molar-refractivity contribution is 5.82. The average molecular weight is 303 g/mol. The Bertz CT molecular complexity index is 780. The van der Waals surface area contributed by atoms with Gasteiger partial charge >= 0.3 is 0 Å². The molecular weight excluding hydrogens is 286 g/mol. The van der Waals surface area contributed by atoms with Crippen LogP contribution in [0, 0.1) is 0 Å². The first-order valence-corrected chi connectivity index (χ1v) is 7.35. The van der Waals surface area contributed by atoms with Crippen molar-refractivity contribution < 1.29 is 9.47 Å². The molecule has 3 rings (SSSR count). The number of hydrogen-bond donors (Lipinski definition) is 0. The fourth-order valence-corrected chi connectivity index (χ4v) is 2.10. The summed E-state index contributed by atoms with van der Waals surface area (Å²) in [6.45, 7) is 0. The molecule has 3 aromatic rings. The normalized spacial score (nSPS) is 10.7. The van der Waals surface area contributed by atoms with E-state index in [1.807, 2.05) is 85.1 Å².